The second-order valence-corrected chi connectivity index (χ2v) is 5.56. The van der Waals surface area contributed by atoms with Crippen LogP contribution in [-0.4, -0.2) is 27.9 Å². The maximum atomic E-state index is 12.7. The van der Waals surface area contributed by atoms with E-state index in [4.69, 9.17) is 12.2 Å². The lowest BCUT2D eigenvalue weighted by Gasteiger charge is -2.16. The van der Waals surface area contributed by atoms with Crippen molar-refractivity contribution < 1.29 is 9.72 Å². The number of benzene rings is 2. The molecule has 7 heteroatoms. The first-order valence-corrected chi connectivity index (χ1v) is 7.53. The quantitative estimate of drug-likeness (QED) is 0.372. The Balaban J connectivity index is 2.00. The normalized spacial score (nSPS) is 16.1. The summed E-state index contributed by atoms with van der Waals surface area (Å²) in [5.41, 5.74) is 1.59. The molecule has 0 aliphatic carbocycles. The lowest BCUT2D eigenvalue weighted by Crippen LogP contribution is -2.30. The van der Waals surface area contributed by atoms with Crippen LogP contribution in [0.1, 0.15) is 5.56 Å². The number of carbonyl (C=O) groups excluding carboxylic acids is 1. The van der Waals surface area contributed by atoms with Crippen molar-refractivity contribution in [1.29, 1.82) is 0 Å². The summed E-state index contributed by atoms with van der Waals surface area (Å²) < 4.78 is 0. The first-order valence-electron chi connectivity index (χ1n) is 7.12. The summed E-state index contributed by atoms with van der Waals surface area (Å²) in [7, 11) is 1.70. The number of rotatable bonds is 3. The number of nitro benzene ring substituents is 1. The number of amides is 1. The molecular formula is C17H13N3O3S. The summed E-state index contributed by atoms with van der Waals surface area (Å²) in [5.74, 6) is -0.264. The molecular weight excluding hydrogens is 326 g/mol. The number of nitrogens with zero attached hydrogens (tertiary/aromatic N) is 3. The van der Waals surface area contributed by atoms with Crippen LogP contribution >= 0.6 is 12.2 Å². The van der Waals surface area contributed by atoms with Gasteiger partial charge >= 0.3 is 0 Å². The standard InChI is InChI=1S/C17H13N3O3S/c1-18-15(11-12-6-5-9-14(10-12)20(22)23)16(21)19(17(18)24)13-7-3-2-4-8-13/h2-11H,1H3. The first kappa shape index (κ1) is 15.8. The molecule has 1 aliphatic rings. The van der Waals surface area contributed by atoms with Crippen molar-refractivity contribution in [2.45, 2.75) is 0 Å². The first-order chi connectivity index (χ1) is 11.5. The van der Waals surface area contributed by atoms with E-state index in [9.17, 15) is 14.9 Å². The van der Waals surface area contributed by atoms with E-state index in [0.29, 0.717) is 22.1 Å². The molecule has 1 amide bonds. The number of anilines is 1. The largest absolute Gasteiger partial charge is 0.317 e. The SMILES string of the molecule is CN1C(=S)N(c2ccccc2)C(=O)C1=Cc1cccc([N+](=O)[O-])c1. The van der Waals surface area contributed by atoms with Crippen LogP contribution in [0.25, 0.3) is 6.08 Å². The molecule has 2 aromatic rings. The highest BCUT2D eigenvalue weighted by Crippen LogP contribution is 2.28. The molecule has 2 aromatic carbocycles. The number of carbonyl (C=O) groups is 1. The van der Waals surface area contributed by atoms with Crippen LogP contribution in [0.2, 0.25) is 0 Å². The van der Waals surface area contributed by atoms with E-state index in [0.717, 1.165) is 0 Å². The monoisotopic (exact) mass is 339 g/mol. The second kappa shape index (κ2) is 6.21. The molecule has 0 bridgehead atoms. The zero-order valence-electron chi connectivity index (χ0n) is 12.7. The fraction of sp³-hybridized carbons (Fsp3) is 0.0588. The fourth-order valence-corrected chi connectivity index (χ4v) is 2.73. The Kier molecular flexibility index (Phi) is 4.09. The van der Waals surface area contributed by atoms with Crippen molar-refractivity contribution >= 4 is 40.7 Å². The Morgan fingerprint density at radius 3 is 2.50 bits per heavy atom. The molecule has 120 valence electrons. The number of nitro groups is 1. The smallest absolute Gasteiger partial charge is 0.281 e. The molecule has 0 unspecified atom stereocenters. The Bertz CT molecular complexity index is 864. The summed E-state index contributed by atoms with van der Waals surface area (Å²) in [6.45, 7) is 0. The summed E-state index contributed by atoms with van der Waals surface area (Å²) in [5, 5.41) is 11.3. The Hall–Kier alpha value is -3.06. The van der Waals surface area contributed by atoms with Crippen LogP contribution in [-0.2, 0) is 4.79 Å². The molecule has 0 atom stereocenters. The van der Waals surface area contributed by atoms with Crippen molar-refractivity contribution in [2.24, 2.45) is 0 Å². The molecule has 1 saturated heterocycles. The van der Waals surface area contributed by atoms with Crippen molar-refractivity contribution in [3.05, 3.63) is 76.0 Å². The minimum absolute atomic E-state index is 0.0278. The van der Waals surface area contributed by atoms with Gasteiger partial charge in [0, 0.05) is 19.2 Å². The minimum atomic E-state index is -0.469. The minimum Gasteiger partial charge on any atom is -0.317 e. The van der Waals surface area contributed by atoms with Crippen molar-refractivity contribution in [3.8, 4) is 0 Å². The maximum Gasteiger partial charge on any atom is 0.281 e. The summed E-state index contributed by atoms with van der Waals surface area (Å²) in [6.07, 6.45) is 1.60. The van der Waals surface area contributed by atoms with Gasteiger partial charge in [-0.3, -0.25) is 19.8 Å². The zero-order valence-corrected chi connectivity index (χ0v) is 13.6. The highest BCUT2D eigenvalue weighted by molar-refractivity contribution is 7.80. The predicted molar refractivity (Wildman–Crippen MR) is 95.4 cm³/mol. The fourth-order valence-electron chi connectivity index (χ4n) is 2.45. The van der Waals surface area contributed by atoms with Crippen molar-refractivity contribution in [2.75, 3.05) is 11.9 Å². The predicted octanol–water partition coefficient (Wildman–Crippen LogP) is 3.20. The van der Waals surface area contributed by atoms with E-state index in [2.05, 4.69) is 0 Å². The lowest BCUT2D eigenvalue weighted by atomic mass is 10.1. The summed E-state index contributed by atoms with van der Waals surface area (Å²) >= 11 is 5.36. The molecule has 1 fully saturated rings. The van der Waals surface area contributed by atoms with E-state index >= 15 is 0 Å². The molecule has 0 spiro atoms. The van der Waals surface area contributed by atoms with Crippen LogP contribution in [0, 0.1) is 10.1 Å². The molecule has 24 heavy (non-hydrogen) atoms. The lowest BCUT2D eigenvalue weighted by molar-refractivity contribution is -0.384. The van der Waals surface area contributed by atoms with Crippen LogP contribution in [0.5, 0.6) is 0 Å². The van der Waals surface area contributed by atoms with Gasteiger partial charge in [0.15, 0.2) is 5.11 Å². The molecule has 6 nitrogen and oxygen atoms in total. The van der Waals surface area contributed by atoms with E-state index in [1.807, 2.05) is 18.2 Å². The molecule has 0 saturated carbocycles. The summed E-state index contributed by atoms with van der Waals surface area (Å²) in [4.78, 5) is 26.2. The van der Waals surface area contributed by atoms with E-state index < -0.39 is 4.92 Å². The number of hydrogen-bond acceptors (Lipinski definition) is 4. The molecule has 0 N–H and O–H groups in total. The van der Waals surface area contributed by atoms with Gasteiger partial charge in [-0.15, -0.1) is 0 Å². The van der Waals surface area contributed by atoms with E-state index in [-0.39, 0.29) is 11.6 Å². The third kappa shape index (κ3) is 2.77. The average Bonchev–Trinajstić information content (AvgIpc) is 2.79. The summed E-state index contributed by atoms with van der Waals surface area (Å²) in [6, 6.07) is 15.2. The van der Waals surface area contributed by atoms with Gasteiger partial charge in [-0.25, -0.2) is 0 Å². The highest BCUT2D eigenvalue weighted by Gasteiger charge is 2.36. The Labute approximate surface area is 143 Å². The highest BCUT2D eigenvalue weighted by atomic mass is 32.1. The molecule has 1 aliphatic heterocycles. The van der Waals surface area contributed by atoms with Gasteiger partial charge < -0.3 is 4.90 Å². The van der Waals surface area contributed by atoms with Gasteiger partial charge in [-0.05, 0) is 36.0 Å². The number of non-ortho nitro benzene ring substituents is 1. The topological polar surface area (TPSA) is 66.7 Å². The Morgan fingerprint density at radius 1 is 1.12 bits per heavy atom. The second-order valence-electron chi connectivity index (χ2n) is 5.20. The number of hydrogen-bond donors (Lipinski definition) is 0. The molecule has 3 rings (SSSR count). The van der Waals surface area contributed by atoms with Gasteiger partial charge in [-0.1, -0.05) is 30.3 Å². The van der Waals surface area contributed by atoms with Gasteiger partial charge in [0.05, 0.1) is 10.6 Å². The van der Waals surface area contributed by atoms with Crippen molar-refractivity contribution in [3.63, 3.8) is 0 Å². The van der Waals surface area contributed by atoms with Crippen LogP contribution in [0.15, 0.2) is 60.3 Å². The number of likely N-dealkylation sites (N-methyl/N-ethyl adjacent to an activating group) is 1. The van der Waals surface area contributed by atoms with E-state index in [1.165, 1.54) is 17.0 Å². The van der Waals surface area contributed by atoms with Gasteiger partial charge in [0.1, 0.15) is 5.70 Å². The number of para-hydroxylation sites is 1. The molecule has 0 aromatic heterocycles. The van der Waals surface area contributed by atoms with Gasteiger partial charge in [0.25, 0.3) is 11.6 Å². The van der Waals surface area contributed by atoms with Gasteiger partial charge in [-0.2, -0.15) is 0 Å². The van der Waals surface area contributed by atoms with Crippen LogP contribution in [0.3, 0.4) is 0 Å². The van der Waals surface area contributed by atoms with Crippen LogP contribution < -0.4 is 4.90 Å². The Morgan fingerprint density at radius 2 is 1.83 bits per heavy atom. The van der Waals surface area contributed by atoms with Gasteiger partial charge in [0.2, 0.25) is 0 Å². The molecule has 1 heterocycles. The third-order valence-corrected chi connectivity index (χ3v) is 4.12. The number of thiocarbonyl (C=S) groups is 1. The van der Waals surface area contributed by atoms with E-state index in [1.54, 1.807) is 42.3 Å². The van der Waals surface area contributed by atoms with Crippen molar-refractivity contribution in [1.82, 2.24) is 4.90 Å². The average molecular weight is 339 g/mol. The van der Waals surface area contributed by atoms with Crippen LogP contribution in [0.4, 0.5) is 11.4 Å². The zero-order chi connectivity index (χ0) is 17.3. The maximum absolute atomic E-state index is 12.7. The molecule has 0 radical (unpaired) electrons. The third-order valence-electron chi connectivity index (χ3n) is 3.66.